The molecule has 6 nitrogen and oxygen atoms in total. The van der Waals surface area contributed by atoms with Crippen LogP contribution in [0.5, 0.6) is 5.75 Å². The SMILES string of the molecule is C[C@@H](N[S@+]([O-])C(C)(C)C)c1cc(Br)cc2c1OC(C)(CN=[N+]=[N-])C2. The molecule has 0 saturated carbocycles. The van der Waals surface area contributed by atoms with Gasteiger partial charge in [-0.2, -0.15) is 0 Å². The van der Waals surface area contributed by atoms with Gasteiger partial charge in [-0.3, -0.25) is 0 Å². The average molecular weight is 415 g/mol. The molecule has 1 aromatic rings. The molecule has 3 atom stereocenters. The van der Waals surface area contributed by atoms with Gasteiger partial charge in [-0.05, 0) is 57.8 Å². The summed E-state index contributed by atoms with van der Waals surface area (Å²) in [5.74, 6) is 0.791. The van der Waals surface area contributed by atoms with Crippen molar-refractivity contribution in [2.24, 2.45) is 5.11 Å². The number of fused-ring (bicyclic) bond motifs is 1. The lowest BCUT2D eigenvalue weighted by Gasteiger charge is -2.28. The zero-order chi connectivity index (χ0) is 18.1. The molecule has 1 N–H and O–H groups in total. The molecule has 0 aromatic heterocycles. The van der Waals surface area contributed by atoms with Crippen LogP contribution in [0, 0.1) is 0 Å². The molecule has 0 aliphatic carbocycles. The average Bonchev–Trinajstić information content (AvgIpc) is 2.79. The van der Waals surface area contributed by atoms with Crippen LogP contribution in [0.3, 0.4) is 0 Å². The summed E-state index contributed by atoms with van der Waals surface area (Å²) in [4.78, 5) is 2.83. The van der Waals surface area contributed by atoms with Crippen molar-refractivity contribution >= 4 is 27.3 Å². The van der Waals surface area contributed by atoms with E-state index in [2.05, 4.69) is 30.7 Å². The molecular weight excluding hydrogens is 392 g/mol. The maximum Gasteiger partial charge on any atom is 0.136 e. The van der Waals surface area contributed by atoms with E-state index in [9.17, 15) is 4.55 Å². The minimum atomic E-state index is -1.18. The van der Waals surface area contributed by atoms with E-state index in [4.69, 9.17) is 10.3 Å². The molecule has 0 amide bonds. The molecule has 1 aromatic carbocycles. The Balaban J connectivity index is 2.30. The number of rotatable bonds is 5. The van der Waals surface area contributed by atoms with Gasteiger partial charge < -0.3 is 9.29 Å². The first-order valence-corrected chi connectivity index (χ1v) is 9.70. The second-order valence-corrected chi connectivity index (χ2v) is 10.2. The van der Waals surface area contributed by atoms with E-state index in [0.717, 1.165) is 21.3 Å². The van der Waals surface area contributed by atoms with Crippen LogP contribution in [0.25, 0.3) is 10.4 Å². The number of hydrogen-bond donors (Lipinski definition) is 1. The third kappa shape index (κ3) is 4.37. The summed E-state index contributed by atoms with van der Waals surface area (Å²) < 4.78 is 22.3. The number of nitrogens with zero attached hydrogens (tertiary/aromatic N) is 3. The molecule has 1 unspecified atom stereocenters. The summed E-state index contributed by atoms with van der Waals surface area (Å²) in [6.07, 6.45) is 0.670. The lowest BCUT2D eigenvalue weighted by Crippen LogP contribution is -2.40. The fourth-order valence-corrected chi connectivity index (χ4v) is 3.93. The summed E-state index contributed by atoms with van der Waals surface area (Å²) in [6.45, 7) is 9.97. The highest BCUT2D eigenvalue weighted by atomic mass is 79.9. The summed E-state index contributed by atoms with van der Waals surface area (Å²) in [7, 11) is 0. The number of nitrogens with one attached hydrogen (secondary N) is 1. The molecule has 0 saturated heterocycles. The smallest absolute Gasteiger partial charge is 0.136 e. The van der Waals surface area contributed by atoms with Crippen LogP contribution in [0.4, 0.5) is 0 Å². The number of halogens is 1. The lowest BCUT2D eigenvalue weighted by molar-refractivity contribution is 0.124. The van der Waals surface area contributed by atoms with Crippen molar-refractivity contribution < 1.29 is 9.29 Å². The third-order valence-corrected chi connectivity index (χ3v) is 5.98. The summed E-state index contributed by atoms with van der Waals surface area (Å²) in [6, 6.07) is 3.86. The Hall–Kier alpha value is -0.920. The van der Waals surface area contributed by atoms with Crippen molar-refractivity contribution in [3.8, 4) is 5.75 Å². The lowest BCUT2D eigenvalue weighted by atomic mass is 9.97. The van der Waals surface area contributed by atoms with Gasteiger partial charge in [-0.15, -0.1) is 4.72 Å². The van der Waals surface area contributed by atoms with Crippen molar-refractivity contribution in [1.82, 2.24) is 4.72 Å². The van der Waals surface area contributed by atoms with Crippen molar-refractivity contribution in [2.45, 2.75) is 57.4 Å². The molecular formula is C16H23BrN4O2S. The standard InChI is InChI=1S/C16H23BrN4O2S/c1-10(20-24(22)15(2,3)4)13-7-12(17)6-11-8-16(5,9-19-21-18)23-14(11)13/h6-7,10,20H,8-9H2,1-5H3/t10-,16?,24-/m1/s1. The molecule has 0 radical (unpaired) electrons. The van der Waals surface area contributed by atoms with Crippen molar-refractivity contribution in [1.29, 1.82) is 0 Å². The molecule has 8 heteroatoms. The summed E-state index contributed by atoms with van der Waals surface area (Å²) in [5.41, 5.74) is 10.0. The van der Waals surface area contributed by atoms with E-state index >= 15 is 0 Å². The van der Waals surface area contributed by atoms with Gasteiger partial charge in [0.15, 0.2) is 0 Å². The normalized spacial score (nSPS) is 22.3. The van der Waals surface area contributed by atoms with Gasteiger partial charge in [0.25, 0.3) is 0 Å². The van der Waals surface area contributed by atoms with Gasteiger partial charge in [-0.1, -0.05) is 21.0 Å². The first-order valence-electron chi connectivity index (χ1n) is 7.76. The van der Waals surface area contributed by atoms with Gasteiger partial charge >= 0.3 is 0 Å². The van der Waals surface area contributed by atoms with Crippen LogP contribution < -0.4 is 9.46 Å². The second kappa shape index (κ2) is 7.14. The second-order valence-electron chi connectivity index (χ2n) is 7.32. The fourth-order valence-electron chi connectivity index (χ4n) is 2.61. The van der Waals surface area contributed by atoms with Crippen LogP contribution in [0.2, 0.25) is 0 Å². The van der Waals surface area contributed by atoms with Crippen molar-refractivity contribution in [3.63, 3.8) is 0 Å². The zero-order valence-electron chi connectivity index (χ0n) is 14.6. The minimum absolute atomic E-state index is 0.141. The molecule has 0 bridgehead atoms. The molecule has 2 rings (SSSR count). The minimum Gasteiger partial charge on any atom is -0.598 e. The summed E-state index contributed by atoms with van der Waals surface area (Å²) >= 11 is 2.36. The number of ether oxygens (including phenoxy) is 1. The predicted molar refractivity (Wildman–Crippen MR) is 100 cm³/mol. The Morgan fingerprint density at radius 3 is 2.79 bits per heavy atom. The molecule has 132 valence electrons. The molecule has 0 fully saturated rings. The number of hydrogen-bond acceptors (Lipinski definition) is 4. The van der Waals surface area contributed by atoms with E-state index in [-0.39, 0.29) is 17.3 Å². The molecule has 1 heterocycles. The third-order valence-electron chi connectivity index (χ3n) is 3.85. The molecule has 24 heavy (non-hydrogen) atoms. The topological polar surface area (TPSA) is 93.1 Å². The Morgan fingerprint density at radius 1 is 1.54 bits per heavy atom. The van der Waals surface area contributed by atoms with E-state index in [1.165, 1.54) is 0 Å². The van der Waals surface area contributed by atoms with Crippen LogP contribution in [0.1, 0.15) is 51.8 Å². The van der Waals surface area contributed by atoms with Crippen LogP contribution >= 0.6 is 15.9 Å². The van der Waals surface area contributed by atoms with Gasteiger partial charge in [0.05, 0.1) is 12.6 Å². The molecule has 0 spiro atoms. The largest absolute Gasteiger partial charge is 0.598 e. The van der Waals surface area contributed by atoms with Gasteiger partial charge in [-0.25, -0.2) is 0 Å². The van der Waals surface area contributed by atoms with Crippen LogP contribution in [0.15, 0.2) is 21.7 Å². The van der Waals surface area contributed by atoms with E-state index in [1.807, 2.05) is 46.8 Å². The Kier molecular flexibility index (Phi) is 5.77. The maximum atomic E-state index is 12.4. The Bertz CT molecular complexity index is 673. The van der Waals surface area contributed by atoms with Crippen LogP contribution in [-0.4, -0.2) is 21.4 Å². The zero-order valence-corrected chi connectivity index (χ0v) is 17.0. The highest BCUT2D eigenvalue weighted by Crippen LogP contribution is 2.42. The van der Waals surface area contributed by atoms with E-state index in [1.54, 1.807) is 0 Å². The van der Waals surface area contributed by atoms with Gasteiger partial charge in [0.2, 0.25) is 0 Å². The highest BCUT2D eigenvalue weighted by molar-refractivity contribution is 9.10. The Morgan fingerprint density at radius 2 is 2.21 bits per heavy atom. The fraction of sp³-hybridized carbons (Fsp3) is 0.625. The predicted octanol–water partition coefficient (Wildman–Crippen LogP) is 4.57. The first kappa shape index (κ1) is 19.4. The number of benzene rings is 1. The monoisotopic (exact) mass is 414 g/mol. The van der Waals surface area contributed by atoms with Gasteiger partial charge in [0.1, 0.15) is 16.1 Å². The highest BCUT2D eigenvalue weighted by Gasteiger charge is 2.38. The van der Waals surface area contributed by atoms with E-state index in [0.29, 0.717) is 6.42 Å². The Labute approximate surface area is 154 Å². The summed E-state index contributed by atoms with van der Waals surface area (Å²) in [5, 5.41) is 3.67. The number of azide groups is 1. The first-order chi connectivity index (χ1) is 11.1. The van der Waals surface area contributed by atoms with Crippen molar-refractivity contribution in [3.05, 3.63) is 38.2 Å². The quantitative estimate of drug-likeness (QED) is 0.331. The maximum absolute atomic E-state index is 12.4. The van der Waals surface area contributed by atoms with Gasteiger partial charge in [0, 0.05) is 32.7 Å². The van der Waals surface area contributed by atoms with Crippen LogP contribution in [-0.2, 0) is 17.8 Å². The van der Waals surface area contributed by atoms with Crippen molar-refractivity contribution in [2.75, 3.05) is 6.54 Å². The molecule has 1 aliphatic rings. The van der Waals surface area contributed by atoms with E-state index < -0.39 is 17.0 Å². The molecule has 1 aliphatic heterocycles.